The fourth-order valence-corrected chi connectivity index (χ4v) is 3.61. The molecule has 1 saturated carbocycles. The van der Waals surface area contributed by atoms with Gasteiger partial charge in [0.2, 0.25) is 11.8 Å². The highest BCUT2D eigenvalue weighted by atomic mass is 16.5. The molecule has 122 valence electrons. The molecule has 1 aromatic rings. The lowest BCUT2D eigenvalue weighted by Gasteiger charge is -2.32. The number of likely N-dealkylation sites (tertiary alicyclic amines) is 1. The molecule has 0 N–H and O–H groups in total. The molecular formula is C17H27N3O2. The topological polar surface area (TPSA) is 59.2 Å². The number of hydrogen-bond donors (Lipinski definition) is 0. The van der Waals surface area contributed by atoms with E-state index in [0.717, 1.165) is 56.9 Å². The Kier molecular flexibility index (Phi) is 4.79. The Morgan fingerprint density at radius 2 is 2.09 bits per heavy atom. The highest BCUT2D eigenvalue weighted by Gasteiger charge is 2.33. The van der Waals surface area contributed by atoms with E-state index in [1.807, 2.05) is 4.90 Å². The monoisotopic (exact) mass is 305 g/mol. The zero-order valence-corrected chi connectivity index (χ0v) is 13.8. The van der Waals surface area contributed by atoms with Crippen LogP contribution in [0.5, 0.6) is 0 Å². The molecule has 2 heterocycles. The molecule has 0 radical (unpaired) electrons. The number of carbonyl (C=O) groups is 1. The summed E-state index contributed by atoms with van der Waals surface area (Å²) in [5, 5.41) is 4.12. The van der Waals surface area contributed by atoms with Crippen LogP contribution in [0.15, 0.2) is 4.52 Å². The van der Waals surface area contributed by atoms with Crippen molar-refractivity contribution in [1.82, 2.24) is 15.0 Å². The standard InChI is InChI=1S/C17H27N3O2/c1-3-12(2)15-18-16(22-19-15)14-9-6-10-20(11-14)17(21)13-7-4-5-8-13/h12-14H,3-11H2,1-2H3/t12-,14-/m0/s1. The third kappa shape index (κ3) is 3.18. The first-order chi connectivity index (χ1) is 10.7. The molecule has 0 spiro atoms. The Bertz CT molecular complexity index is 508. The van der Waals surface area contributed by atoms with Gasteiger partial charge in [0.1, 0.15) is 0 Å². The molecule has 1 amide bonds. The predicted octanol–water partition coefficient (Wildman–Crippen LogP) is 3.48. The number of aromatic nitrogens is 2. The number of rotatable bonds is 4. The van der Waals surface area contributed by atoms with Crippen molar-refractivity contribution in [3.05, 3.63) is 11.7 Å². The van der Waals surface area contributed by atoms with Crippen LogP contribution in [0.25, 0.3) is 0 Å². The largest absolute Gasteiger partial charge is 0.342 e. The Morgan fingerprint density at radius 3 is 2.82 bits per heavy atom. The van der Waals surface area contributed by atoms with Gasteiger partial charge in [0, 0.05) is 24.9 Å². The van der Waals surface area contributed by atoms with E-state index in [9.17, 15) is 4.79 Å². The molecule has 0 aromatic carbocycles. The molecule has 0 unspecified atom stereocenters. The Hall–Kier alpha value is -1.39. The highest BCUT2D eigenvalue weighted by Crippen LogP contribution is 2.31. The first-order valence-electron chi connectivity index (χ1n) is 8.81. The molecule has 22 heavy (non-hydrogen) atoms. The van der Waals surface area contributed by atoms with Gasteiger partial charge < -0.3 is 9.42 Å². The smallest absolute Gasteiger partial charge is 0.231 e. The summed E-state index contributed by atoms with van der Waals surface area (Å²) in [6.07, 6.45) is 7.62. The summed E-state index contributed by atoms with van der Waals surface area (Å²) in [4.78, 5) is 19.2. The van der Waals surface area contributed by atoms with Crippen LogP contribution in [0, 0.1) is 5.92 Å². The lowest BCUT2D eigenvalue weighted by Crippen LogP contribution is -2.41. The van der Waals surface area contributed by atoms with E-state index >= 15 is 0 Å². The zero-order chi connectivity index (χ0) is 15.5. The average Bonchev–Trinajstić information content (AvgIpc) is 3.25. The van der Waals surface area contributed by atoms with Gasteiger partial charge in [0.15, 0.2) is 5.82 Å². The van der Waals surface area contributed by atoms with Gasteiger partial charge in [-0.3, -0.25) is 4.79 Å². The normalized spacial score (nSPS) is 24.6. The van der Waals surface area contributed by atoms with E-state index in [2.05, 4.69) is 24.0 Å². The van der Waals surface area contributed by atoms with Gasteiger partial charge in [-0.2, -0.15) is 4.98 Å². The minimum absolute atomic E-state index is 0.212. The van der Waals surface area contributed by atoms with Gasteiger partial charge in [-0.25, -0.2) is 0 Å². The molecule has 2 fully saturated rings. The number of nitrogens with zero attached hydrogens (tertiary/aromatic N) is 3. The third-order valence-corrected chi connectivity index (χ3v) is 5.30. The van der Waals surface area contributed by atoms with Crippen LogP contribution in [0.2, 0.25) is 0 Å². The van der Waals surface area contributed by atoms with E-state index in [4.69, 9.17) is 4.52 Å². The minimum atomic E-state index is 0.212. The van der Waals surface area contributed by atoms with Crippen molar-refractivity contribution < 1.29 is 9.32 Å². The zero-order valence-electron chi connectivity index (χ0n) is 13.8. The summed E-state index contributed by atoms with van der Waals surface area (Å²) in [6, 6.07) is 0. The first kappa shape index (κ1) is 15.5. The summed E-state index contributed by atoms with van der Waals surface area (Å²) in [6.45, 7) is 5.88. The van der Waals surface area contributed by atoms with E-state index in [1.165, 1.54) is 12.8 Å². The summed E-state index contributed by atoms with van der Waals surface area (Å²) < 4.78 is 5.48. The van der Waals surface area contributed by atoms with E-state index in [0.29, 0.717) is 11.8 Å². The number of hydrogen-bond acceptors (Lipinski definition) is 4. The molecule has 3 rings (SSSR count). The Morgan fingerprint density at radius 1 is 1.32 bits per heavy atom. The van der Waals surface area contributed by atoms with E-state index in [-0.39, 0.29) is 11.8 Å². The molecule has 1 aliphatic carbocycles. The minimum Gasteiger partial charge on any atom is -0.342 e. The van der Waals surface area contributed by atoms with Gasteiger partial charge >= 0.3 is 0 Å². The lowest BCUT2D eigenvalue weighted by molar-refractivity contribution is -0.136. The molecule has 2 aliphatic rings. The Balaban J connectivity index is 1.65. The molecule has 5 heteroatoms. The third-order valence-electron chi connectivity index (χ3n) is 5.30. The van der Waals surface area contributed by atoms with Crippen molar-refractivity contribution in [2.45, 2.75) is 70.6 Å². The van der Waals surface area contributed by atoms with Gasteiger partial charge in [0.25, 0.3) is 0 Å². The fraction of sp³-hybridized carbons (Fsp3) is 0.824. The van der Waals surface area contributed by atoms with Gasteiger partial charge in [0.05, 0.1) is 5.92 Å². The second kappa shape index (κ2) is 6.80. The lowest BCUT2D eigenvalue weighted by atomic mass is 9.96. The summed E-state index contributed by atoms with van der Waals surface area (Å²) in [7, 11) is 0. The van der Waals surface area contributed by atoms with Crippen LogP contribution in [0.4, 0.5) is 0 Å². The summed E-state index contributed by atoms with van der Waals surface area (Å²) >= 11 is 0. The average molecular weight is 305 g/mol. The van der Waals surface area contributed by atoms with Crippen LogP contribution in [0.3, 0.4) is 0 Å². The van der Waals surface area contributed by atoms with E-state index in [1.54, 1.807) is 0 Å². The quantitative estimate of drug-likeness (QED) is 0.854. The molecule has 1 aliphatic heterocycles. The maximum absolute atomic E-state index is 12.6. The number of amides is 1. The van der Waals surface area contributed by atoms with Crippen molar-refractivity contribution in [1.29, 1.82) is 0 Å². The SMILES string of the molecule is CC[C@H](C)c1noc([C@H]2CCCN(C(=O)C3CCCC3)C2)n1. The van der Waals surface area contributed by atoms with Gasteiger partial charge in [-0.1, -0.05) is 31.8 Å². The van der Waals surface area contributed by atoms with Crippen molar-refractivity contribution in [2.24, 2.45) is 5.92 Å². The molecule has 1 saturated heterocycles. The molecule has 2 atom stereocenters. The van der Waals surface area contributed by atoms with Gasteiger partial charge in [-0.05, 0) is 32.1 Å². The fourth-order valence-electron chi connectivity index (χ4n) is 3.61. The van der Waals surface area contributed by atoms with Crippen LogP contribution in [0.1, 0.15) is 82.3 Å². The van der Waals surface area contributed by atoms with Crippen molar-refractivity contribution in [3.63, 3.8) is 0 Å². The molecule has 5 nitrogen and oxygen atoms in total. The van der Waals surface area contributed by atoms with Crippen LogP contribution >= 0.6 is 0 Å². The molecule has 0 bridgehead atoms. The van der Waals surface area contributed by atoms with Crippen LogP contribution < -0.4 is 0 Å². The Labute approximate surface area is 132 Å². The second-order valence-electron chi connectivity index (χ2n) is 6.90. The maximum atomic E-state index is 12.6. The van der Waals surface area contributed by atoms with Gasteiger partial charge in [-0.15, -0.1) is 0 Å². The number of piperidine rings is 1. The molecule has 1 aromatic heterocycles. The summed E-state index contributed by atoms with van der Waals surface area (Å²) in [5.41, 5.74) is 0. The highest BCUT2D eigenvalue weighted by molar-refractivity contribution is 5.79. The summed E-state index contributed by atoms with van der Waals surface area (Å²) in [5.74, 6) is 2.68. The number of carbonyl (C=O) groups excluding carboxylic acids is 1. The van der Waals surface area contributed by atoms with E-state index < -0.39 is 0 Å². The van der Waals surface area contributed by atoms with Crippen LogP contribution in [-0.4, -0.2) is 34.0 Å². The van der Waals surface area contributed by atoms with Crippen molar-refractivity contribution in [2.75, 3.05) is 13.1 Å². The molecular weight excluding hydrogens is 278 g/mol. The second-order valence-corrected chi connectivity index (χ2v) is 6.90. The predicted molar refractivity (Wildman–Crippen MR) is 83.5 cm³/mol. The van der Waals surface area contributed by atoms with Crippen molar-refractivity contribution >= 4 is 5.91 Å². The first-order valence-corrected chi connectivity index (χ1v) is 8.81. The van der Waals surface area contributed by atoms with Crippen molar-refractivity contribution in [3.8, 4) is 0 Å². The van der Waals surface area contributed by atoms with Crippen LogP contribution in [-0.2, 0) is 4.79 Å². The maximum Gasteiger partial charge on any atom is 0.231 e.